The van der Waals surface area contributed by atoms with Gasteiger partial charge < -0.3 is 14.4 Å². The largest absolute Gasteiger partial charge is 0.337 e. The number of benzene rings is 1. The number of aromatic nitrogens is 5. The lowest BCUT2D eigenvalue weighted by Crippen LogP contribution is -2.53. The van der Waals surface area contributed by atoms with E-state index >= 15 is 0 Å². The summed E-state index contributed by atoms with van der Waals surface area (Å²) in [7, 11) is 0. The number of carbonyl (C=O) groups excluding carboxylic acids is 2. The summed E-state index contributed by atoms with van der Waals surface area (Å²) in [5.74, 6) is 1.78. The second-order valence-corrected chi connectivity index (χ2v) is 9.56. The van der Waals surface area contributed by atoms with Gasteiger partial charge >= 0.3 is 0 Å². The number of aryl methyl sites for hydroxylation is 1. The van der Waals surface area contributed by atoms with Gasteiger partial charge in [-0.05, 0) is 37.1 Å². The van der Waals surface area contributed by atoms with E-state index in [1.54, 1.807) is 6.92 Å². The van der Waals surface area contributed by atoms with E-state index in [2.05, 4.69) is 25.5 Å². The third-order valence-electron chi connectivity index (χ3n) is 7.24. The Bertz CT molecular complexity index is 1460. The second kappa shape index (κ2) is 8.82. The lowest BCUT2D eigenvalue weighted by atomic mass is 10.0. The van der Waals surface area contributed by atoms with Crippen LogP contribution in [0.1, 0.15) is 48.1 Å². The molecule has 2 atom stereocenters. The topological polar surface area (TPSA) is 97.1 Å². The molecule has 182 valence electrons. The molecule has 6 rings (SSSR count). The van der Waals surface area contributed by atoms with E-state index in [1.165, 1.54) is 0 Å². The summed E-state index contributed by atoms with van der Waals surface area (Å²) in [6, 6.07) is 11.9. The second-order valence-electron chi connectivity index (χ2n) is 9.56. The highest BCUT2D eigenvalue weighted by Crippen LogP contribution is 2.35. The van der Waals surface area contributed by atoms with Gasteiger partial charge in [-0.15, -0.1) is 0 Å². The van der Waals surface area contributed by atoms with Gasteiger partial charge in [0.15, 0.2) is 5.65 Å². The minimum absolute atomic E-state index is 0.0990. The van der Waals surface area contributed by atoms with Crippen molar-refractivity contribution in [2.45, 2.75) is 38.8 Å². The first kappa shape index (κ1) is 22.3. The average Bonchev–Trinajstić information content (AvgIpc) is 3.48. The average molecular weight is 482 g/mol. The van der Waals surface area contributed by atoms with Gasteiger partial charge in [-0.3, -0.25) is 9.59 Å². The highest BCUT2D eigenvalue weighted by molar-refractivity contribution is 5.77. The molecule has 36 heavy (non-hydrogen) atoms. The molecule has 0 spiro atoms. The number of hydrogen-bond acceptors (Lipinski definition) is 7. The minimum Gasteiger partial charge on any atom is -0.337 e. The van der Waals surface area contributed by atoms with E-state index in [9.17, 15) is 9.59 Å². The number of carbonyl (C=O) groups is 2. The first-order valence-corrected chi connectivity index (χ1v) is 12.3. The number of rotatable bonds is 4. The van der Waals surface area contributed by atoms with Crippen molar-refractivity contribution in [1.82, 2.24) is 29.4 Å². The van der Waals surface area contributed by atoms with Crippen LogP contribution >= 0.6 is 0 Å². The van der Waals surface area contributed by atoms with Crippen LogP contribution in [0, 0.1) is 0 Å². The number of amides is 1. The molecular weight excluding hydrogens is 454 g/mol. The van der Waals surface area contributed by atoms with E-state index in [0.717, 1.165) is 52.9 Å². The first-order valence-electron chi connectivity index (χ1n) is 12.3. The predicted octanol–water partition coefficient (Wildman–Crippen LogP) is 3.29. The normalized spacial score (nSPS) is 19.5. The fraction of sp³-hybridized carbons (Fsp3) is 0.333. The van der Waals surface area contributed by atoms with Crippen molar-refractivity contribution in [2.75, 3.05) is 24.5 Å². The standard InChI is InChI=1S/C27H27N7O2/c1-17-15-32(10-11-33(17)18(2)36)27-28-13-21(14-29-27)22-6-7-23-26(31-22)34-24(8-9-25(34)30-23)20-5-3-4-19(12-20)16-35/h3-7,12-14,16-17,24H,8-11,15H2,1-2H3/t17-,24-/m1/s1. The quantitative estimate of drug-likeness (QED) is 0.413. The third-order valence-corrected chi connectivity index (χ3v) is 7.24. The number of imidazole rings is 1. The third kappa shape index (κ3) is 3.80. The molecule has 0 saturated carbocycles. The lowest BCUT2D eigenvalue weighted by molar-refractivity contribution is -0.131. The molecule has 1 fully saturated rings. The Labute approximate surface area is 208 Å². The molecule has 0 N–H and O–H groups in total. The van der Waals surface area contributed by atoms with E-state index in [0.29, 0.717) is 31.1 Å². The highest BCUT2D eigenvalue weighted by atomic mass is 16.2. The van der Waals surface area contributed by atoms with Crippen molar-refractivity contribution in [1.29, 1.82) is 0 Å². The maximum atomic E-state index is 11.8. The summed E-state index contributed by atoms with van der Waals surface area (Å²) in [4.78, 5) is 46.1. The summed E-state index contributed by atoms with van der Waals surface area (Å²) >= 11 is 0. The molecule has 9 nitrogen and oxygen atoms in total. The van der Waals surface area contributed by atoms with Gasteiger partial charge in [0.1, 0.15) is 17.6 Å². The Morgan fingerprint density at radius 3 is 2.67 bits per heavy atom. The van der Waals surface area contributed by atoms with Crippen molar-refractivity contribution in [3.8, 4) is 11.3 Å². The molecule has 1 saturated heterocycles. The van der Waals surface area contributed by atoms with Crippen LogP contribution in [0.4, 0.5) is 5.95 Å². The van der Waals surface area contributed by atoms with Gasteiger partial charge in [0.25, 0.3) is 0 Å². The number of anilines is 1. The number of fused-ring (bicyclic) bond motifs is 3. The fourth-order valence-electron chi connectivity index (χ4n) is 5.46. The van der Waals surface area contributed by atoms with Crippen LogP contribution in [-0.2, 0) is 11.2 Å². The maximum Gasteiger partial charge on any atom is 0.225 e. The van der Waals surface area contributed by atoms with Gasteiger partial charge in [0, 0.05) is 62.5 Å². The Morgan fingerprint density at radius 2 is 1.92 bits per heavy atom. The van der Waals surface area contributed by atoms with E-state index < -0.39 is 0 Å². The van der Waals surface area contributed by atoms with Crippen LogP contribution in [0.2, 0.25) is 0 Å². The van der Waals surface area contributed by atoms with Gasteiger partial charge in [-0.2, -0.15) is 0 Å². The molecule has 0 radical (unpaired) electrons. The number of aldehydes is 1. The molecule has 4 aromatic rings. The van der Waals surface area contributed by atoms with E-state index in [4.69, 9.17) is 9.97 Å². The molecule has 3 aromatic heterocycles. The number of nitrogens with zero attached hydrogens (tertiary/aromatic N) is 7. The molecule has 0 unspecified atom stereocenters. The lowest BCUT2D eigenvalue weighted by Gasteiger charge is -2.39. The summed E-state index contributed by atoms with van der Waals surface area (Å²) in [5.41, 5.74) is 5.09. The van der Waals surface area contributed by atoms with Gasteiger partial charge in [0.2, 0.25) is 11.9 Å². The fourth-order valence-corrected chi connectivity index (χ4v) is 5.46. The zero-order valence-electron chi connectivity index (χ0n) is 20.3. The van der Waals surface area contributed by atoms with Gasteiger partial charge in [-0.25, -0.2) is 19.9 Å². The summed E-state index contributed by atoms with van der Waals surface area (Å²) < 4.78 is 2.20. The zero-order chi connectivity index (χ0) is 24.8. The molecule has 1 aromatic carbocycles. The van der Waals surface area contributed by atoms with Crippen LogP contribution in [0.3, 0.4) is 0 Å². The number of hydrogen-bond donors (Lipinski definition) is 0. The molecule has 9 heteroatoms. The SMILES string of the molecule is CC(=O)N1CCN(c2ncc(-c3ccc4nc5n(c4n3)[C@@H](c3cccc(C=O)c3)CC5)cn2)C[C@H]1C. The molecule has 2 aliphatic heterocycles. The van der Waals surface area contributed by atoms with Crippen LogP contribution < -0.4 is 4.90 Å². The zero-order valence-corrected chi connectivity index (χ0v) is 20.3. The summed E-state index contributed by atoms with van der Waals surface area (Å²) in [6.45, 7) is 5.75. The smallest absolute Gasteiger partial charge is 0.225 e. The molecule has 5 heterocycles. The van der Waals surface area contributed by atoms with Crippen LogP contribution in [0.15, 0.2) is 48.8 Å². The minimum atomic E-state index is 0.0990. The Morgan fingerprint density at radius 1 is 1.08 bits per heavy atom. The summed E-state index contributed by atoms with van der Waals surface area (Å²) in [5, 5.41) is 0. The van der Waals surface area contributed by atoms with Crippen molar-refractivity contribution >= 4 is 29.3 Å². The van der Waals surface area contributed by atoms with Gasteiger partial charge in [-0.1, -0.05) is 18.2 Å². The van der Waals surface area contributed by atoms with Crippen LogP contribution in [0.5, 0.6) is 0 Å². The number of piperazine rings is 1. The van der Waals surface area contributed by atoms with Crippen molar-refractivity contribution in [3.63, 3.8) is 0 Å². The highest BCUT2D eigenvalue weighted by Gasteiger charge is 2.29. The monoisotopic (exact) mass is 481 g/mol. The van der Waals surface area contributed by atoms with E-state index in [-0.39, 0.29) is 18.0 Å². The number of pyridine rings is 1. The van der Waals surface area contributed by atoms with Gasteiger partial charge in [0.05, 0.1) is 11.7 Å². The molecule has 2 aliphatic rings. The molecule has 0 aliphatic carbocycles. The predicted molar refractivity (Wildman–Crippen MR) is 136 cm³/mol. The Balaban J connectivity index is 1.29. The molecule has 1 amide bonds. The van der Waals surface area contributed by atoms with E-state index in [1.807, 2.05) is 54.5 Å². The summed E-state index contributed by atoms with van der Waals surface area (Å²) in [6.07, 6.45) is 6.30. The van der Waals surface area contributed by atoms with Crippen molar-refractivity contribution in [3.05, 3.63) is 65.7 Å². The van der Waals surface area contributed by atoms with Crippen molar-refractivity contribution < 1.29 is 9.59 Å². The molecular formula is C27H27N7O2. The first-order chi connectivity index (χ1) is 17.5. The Hall–Kier alpha value is -4.14. The molecule has 0 bridgehead atoms. The Kier molecular flexibility index (Phi) is 5.47. The van der Waals surface area contributed by atoms with Crippen LogP contribution in [-0.4, -0.2) is 67.3 Å². The van der Waals surface area contributed by atoms with Crippen molar-refractivity contribution in [2.24, 2.45) is 0 Å². The van der Waals surface area contributed by atoms with Crippen LogP contribution in [0.25, 0.3) is 22.4 Å². The maximum absolute atomic E-state index is 11.8.